The van der Waals surface area contributed by atoms with Crippen molar-refractivity contribution in [3.05, 3.63) is 0 Å². The molecule has 2 N–H and O–H groups in total. The Morgan fingerprint density at radius 1 is 0.600 bits per heavy atom. The van der Waals surface area contributed by atoms with E-state index in [4.69, 9.17) is 0 Å². The number of nitrogens with one attached hydrogen (secondary N) is 2. The van der Waals surface area contributed by atoms with E-state index < -0.39 is 0 Å². The molecule has 2 amide bonds. The van der Waals surface area contributed by atoms with Gasteiger partial charge in [-0.1, -0.05) is 66.2 Å². The van der Waals surface area contributed by atoms with Gasteiger partial charge >= 0.3 is 0 Å². The molecule has 0 rings (SSSR count). The molecule has 0 unspecified atom stereocenters. The van der Waals surface area contributed by atoms with Crippen molar-refractivity contribution in [1.82, 2.24) is 10.9 Å². The second-order valence-corrected chi connectivity index (χ2v) is 9.29. The fourth-order valence-electron chi connectivity index (χ4n) is 3.33. The van der Waals surface area contributed by atoms with Gasteiger partial charge in [0.2, 0.25) is 11.8 Å². The number of nitrogens with zero attached hydrogens (tertiary/aromatic N) is 2. The number of unbranched alkanes of at least 4 members (excludes halogenated alkanes) is 7. The molecule has 174 valence electrons. The molecule has 0 fully saturated rings. The lowest BCUT2D eigenvalue weighted by Gasteiger charge is -2.05. The van der Waals surface area contributed by atoms with Crippen LogP contribution < -0.4 is 10.9 Å². The minimum atomic E-state index is 0.0140. The molecule has 0 aliphatic carbocycles. The van der Waals surface area contributed by atoms with Crippen LogP contribution in [-0.2, 0) is 9.59 Å². The Hall–Kier alpha value is -1.72. The molecule has 0 atom stereocenters. The lowest BCUT2D eigenvalue weighted by Crippen LogP contribution is -2.19. The van der Waals surface area contributed by atoms with Crippen LogP contribution >= 0.6 is 0 Å². The molecule has 0 aromatic rings. The van der Waals surface area contributed by atoms with Gasteiger partial charge in [0.25, 0.3) is 0 Å². The number of hydrazone groups is 2. The standard InChI is InChI=1S/C24H46N4O2/c1-19(2)17-21(5)25-27-23(29)15-13-11-9-7-8-10-12-14-16-24(30)28-26-22(6)18-20(3)4/h19-20H,7-18H2,1-6H3,(H,27,29)(H,28,30)/b25-21-,26-22-. The molecule has 6 heteroatoms. The van der Waals surface area contributed by atoms with Crippen molar-refractivity contribution in [2.24, 2.45) is 22.0 Å². The summed E-state index contributed by atoms with van der Waals surface area (Å²) in [6.45, 7) is 12.5. The third-order valence-corrected chi connectivity index (χ3v) is 4.71. The maximum absolute atomic E-state index is 11.8. The average Bonchev–Trinajstić information content (AvgIpc) is 2.65. The number of rotatable bonds is 17. The van der Waals surface area contributed by atoms with Crippen LogP contribution in [0, 0.1) is 11.8 Å². The number of amides is 2. The van der Waals surface area contributed by atoms with Crippen molar-refractivity contribution in [2.45, 2.75) is 119 Å². The molecule has 0 saturated heterocycles. The third-order valence-electron chi connectivity index (χ3n) is 4.71. The van der Waals surface area contributed by atoms with E-state index >= 15 is 0 Å². The van der Waals surface area contributed by atoms with Gasteiger partial charge in [-0.05, 0) is 51.4 Å². The van der Waals surface area contributed by atoms with E-state index in [0.29, 0.717) is 24.7 Å². The van der Waals surface area contributed by atoms with Gasteiger partial charge in [0.1, 0.15) is 0 Å². The minimum Gasteiger partial charge on any atom is -0.273 e. The van der Waals surface area contributed by atoms with Gasteiger partial charge < -0.3 is 0 Å². The van der Waals surface area contributed by atoms with Crippen molar-refractivity contribution in [1.29, 1.82) is 0 Å². The van der Waals surface area contributed by atoms with Crippen LogP contribution in [0.5, 0.6) is 0 Å². The monoisotopic (exact) mass is 422 g/mol. The van der Waals surface area contributed by atoms with Gasteiger partial charge in [-0.25, -0.2) is 10.9 Å². The first-order chi connectivity index (χ1) is 14.2. The molecule has 0 bridgehead atoms. The van der Waals surface area contributed by atoms with E-state index in [1.54, 1.807) is 0 Å². The molecule has 30 heavy (non-hydrogen) atoms. The van der Waals surface area contributed by atoms with Crippen molar-refractivity contribution >= 4 is 23.2 Å². The zero-order chi connectivity index (χ0) is 22.8. The minimum absolute atomic E-state index is 0.0140. The maximum Gasteiger partial charge on any atom is 0.240 e. The molecule has 0 aromatic heterocycles. The Labute approximate surface area is 184 Å². The van der Waals surface area contributed by atoms with Crippen LogP contribution in [-0.4, -0.2) is 23.2 Å². The van der Waals surface area contributed by atoms with Gasteiger partial charge in [-0.3, -0.25) is 9.59 Å². The largest absolute Gasteiger partial charge is 0.273 e. The molecule has 0 aromatic carbocycles. The maximum atomic E-state index is 11.8. The Morgan fingerprint density at radius 2 is 0.900 bits per heavy atom. The van der Waals surface area contributed by atoms with E-state index in [1.807, 2.05) is 13.8 Å². The zero-order valence-electron chi connectivity index (χ0n) is 20.4. The summed E-state index contributed by atoms with van der Waals surface area (Å²) >= 11 is 0. The van der Waals surface area contributed by atoms with Crippen LogP contribution in [0.2, 0.25) is 0 Å². The lowest BCUT2D eigenvalue weighted by atomic mass is 10.1. The van der Waals surface area contributed by atoms with E-state index in [1.165, 1.54) is 12.8 Å². The summed E-state index contributed by atoms with van der Waals surface area (Å²) in [5.41, 5.74) is 7.26. The number of carbonyl (C=O) groups is 2. The molecule has 0 aliphatic heterocycles. The first kappa shape index (κ1) is 28.3. The highest BCUT2D eigenvalue weighted by Crippen LogP contribution is 2.11. The van der Waals surface area contributed by atoms with Crippen molar-refractivity contribution in [3.8, 4) is 0 Å². The summed E-state index contributed by atoms with van der Waals surface area (Å²) in [5, 5.41) is 8.29. The van der Waals surface area contributed by atoms with Gasteiger partial charge in [0, 0.05) is 24.3 Å². The molecular formula is C24H46N4O2. The first-order valence-electron chi connectivity index (χ1n) is 11.8. The summed E-state index contributed by atoms with van der Waals surface area (Å²) in [7, 11) is 0. The highest BCUT2D eigenvalue weighted by molar-refractivity contribution is 5.85. The number of hydrogen-bond donors (Lipinski definition) is 2. The lowest BCUT2D eigenvalue weighted by molar-refractivity contribution is -0.122. The first-order valence-corrected chi connectivity index (χ1v) is 11.8. The predicted molar refractivity (Wildman–Crippen MR) is 128 cm³/mol. The molecule has 0 spiro atoms. The summed E-state index contributed by atoms with van der Waals surface area (Å²) < 4.78 is 0. The van der Waals surface area contributed by atoms with Crippen LogP contribution in [0.4, 0.5) is 0 Å². The van der Waals surface area contributed by atoms with Gasteiger partial charge in [0.05, 0.1) is 0 Å². The fourth-order valence-corrected chi connectivity index (χ4v) is 3.33. The number of carbonyl (C=O) groups excluding carboxylic acids is 2. The SMILES string of the molecule is C/C(CC(C)C)=N/NC(=O)CCCCCCCCCCC(=O)N/N=C(/C)CC(C)C. The summed E-state index contributed by atoms with van der Waals surface area (Å²) in [5.74, 6) is 1.14. The third kappa shape index (κ3) is 19.6. The van der Waals surface area contributed by atoms with Gasteiger partial charge in [-0.2, -0.15) is 10.2 Å². The van der Waals surface area contributed by atoms with Crippen LogP contribution in [0.15, 0.2) is 10.2 Å². The number of hydrogen-bond acceptors (Lipinski definition) is 4. The summed E-state index contributed by atoms with van der Waals surface area (Å²) in [6.07, 6.45) is 11.6. The molecule has 0 radical (unpaired) electrons. The summed E-state index contributed by atoms with van der Waals surface area (Å²) in [6, 6.07) is 0. The fraction of sp³-hybridized carbons (Fsp3) is 0.833. The molecular weight excluding hydrogens is 376 g/mol. The Bertz CT molecular complexity index is 491. The van der Waals surface area contributed by atoms with Crippen molar-refractivity contribution in [2.75, 3.05) is 0 Å². The van der Waals surface area contributed by atoms with Crippen molar-refractivity contribution < 1.29 is 9.59 Å². The Morgan fingerprint density at radius 3 is 1.20 bits per heavy atom. The highest BCUT2D eigenvalue weighted by Gasteiger charge is 2.03. The van der Waals surface area contributed by atoms with Crippen LogP contribution in [0.3, 0.4) is 0 Å². The quantitative estimate of drug-likeness (QED) is 0.172. The van der Waals surface area contributed by atoms with E-state index in [9.17, 15) is 9.59 Å². The van der Waals surface area contributed by atoms with Gasteiger partial charge in [-0.15, -0.1) is 0 Å². The molecule has 0 aliphatic rings. The highest BCUT2D eigenvalue weighted by atomic mass is 16.2. The zero-order valence-corrected chi connectivity index (χ0v) is 20.4. The van der Waals surface area contributed by atoms with E-state index in [2.05, 4.69) is 48.7 Å². The molecule has 6 nitrogen and oxygen atoms in total. The smallest absolute Gasteiger partial charge is 0.240 e. The van der Waals surface area contributed by atoms with E-state index in [-0.39, 0.29) is 11.8 Å². The second-order valence-electron chi connectivity index (χ2n) is 9.29. The predicted octanol–water partition coefficient (Wildman–Crippen LogP) is 5.96. The Balaban J connectivity index is 3.54. The molecule has 0 saturated carbocycles. The average molecular weight is 423 g/mol. The van der Waals surface area contributed by atoms with Gasteiger partial charge in [0.15, 0.2) is 0 Å². The van der Waals surface area contributed by atoms with Crippen LogP contribution in [0.1, 0.15) is 119 Å². The van der Waals surface area contributed by atoms with Crippen molar-refractivity contribution in [3.63, 3.8) is 0 Å². The normalized spacial score (nSPS) is 12.5. The Kier molecular flexibility index (Phi) is 17.0. The summed E-state index contributed by atoms with van der Waals surface area (Å²) in [4.78, 5) is 23.5. The second kappa shape index (κ2) is 18.1. The van der Waals surface area contributed by atoms with E-state index in [0.717, 1.165) is 62.8 Å². The topological polar surface area (TPSA) is 82.9 Å². The van der Waals surface area contributed by atoms with Crippen LogP contribution in [0.25, 0.3) is 0 Å². The molecule has 0 heterocycles.